The van der Waals surface area contributed by atoms with Crippen LogP contribution in [0, 0.1) is 13.8 Å². The summed E-state index contributed by atoms with van der Waals surface area (Å²) in [6, 6.07) is 22.3. The van der Waals surface area contributed by atoms with Gasteiger partial charge in [-0.05, 0) is 70.4 Å². The van der Waals surface area contributed by atoms with Crippen LogP contribution < -0.4 is 9.62 Å². The Hall–Kier alpha value is -3.65. The summed E-state index contributed by atoms with van der Waals surface area (Å²) in [6.45, 7) is 8.97. The van der Waals surface area contributed by atoms with Gasteiger partial charge in [0, 0.05) is 12.6 Å². The first-order chi connectivity index (χ1) is 18.0. The van der Waals surface area contributed by atoms with Crippen LogP contribution in [0.1, 0.15) is 37.5 Å². The highest BCUT2D eigenvalue weighted by Crippen LogP contribution is 2.28. The number of anilines is 1. The zero-order valence-corrected chi connectivity index (χ0v) is 23.5. The summed E-state index contributed by atoms with van der Waals surface area (Å²) in [5, 5.41) is 2.87. The number of carbonyl (C=O) groups is 2. The van der Waals surface area contributed by atoms with Gasteiger partial charge in [-0.15, -0.1) is 0 Å². The van der Waals surface area contributed by atoms with E-state index >= 15 is 0 Å². The average Bonchev–Trinajstić information content (AvgIpc) is 2.88. The molecule has 0 aliphatic rings. The second kappa shape index (κ2) is 12.7. The topological polar surface area (TPSA) is 86.8 Å². The Morgan fingerprint density at radius 1 is 0.868 bits per heavy atom. The Balaban J connectivity index is 2.00. The van der Waals surface area contributed by atoms with Gasteiger partial charge in [-0.3, -0.25) is 13.9 Å². The molecule has 0 fully saturated rings. The molecule has 3 aromatic rings. The Kier molecular flexibility index (Phi) is 9.69. The Morgan fingerprint density at radius 2 is 1.47 bits per heavy atom. The predicted molar refractivity (Wildman–Crippen MR) is 151 cm³/mol. The first-order valence-electron chi connectivity index (χ1n) is 12.8. The summed E-state index contributed by atoms with van der Waals surface area (Å²) < 4.78 is 28.8. The third-order valence-electron chi connectivity index (χ3n) is 6.31. The van der Waals surface area contributed by atoms with Gasteiger partial charge in [-0.2, -0.15) is 0 Å². The third-order valence-corrected chi connectivity index (χ3v) is 8.09. The molecule has 0 saturated heterocycles. The first kappa shape index (κ1) is 28.9. The van der Waals surface area contributed by atoms with Crippen molar-refractivity contribution in [2.24, 2.45) is 0 Å². The highest BCUT2D eigenvalue weighted by Gasteiger charge is 2.33. The predicted octanol–water partition coefficient (Wildman–Crippen LogP) is 4.48. The minimum atomic E-state index is -4.06. The molecule has 3 aromatic carbocycles. The van der Waals surface area contributed by atoms with E-state index in [0.29, 0.717) is 12.1 Å². The number of aryl methyl sites for hydroxylation is 2. The number of carbonyl (C=O) groups excluding carboxylic acids is 2. The number of nitrogens with one attached hydrogen (secondary N) is 1. The quantitative estimate of drug-likeness (QED) is 0.392. The standard InChI is InChI=1S/C30H37N3O4S/c1-22(2)31-30(35)25(5)32(19-18-26-12-8-6-9-13-26)29(34)21-33(28-17-16-23(3)20-24(28)4)38(36,37)27-14-10-7-11-15-27/h6-17,20,22,25H,18-19,21H2,1-5H3,(H,31,35). The van der Waals surface area contributed by atoms with Crippen molar-refractivity contribution in [1.82, 2.24) is 10.2 Å². The van der Waals surface area contributed by atoms with Crippen molar-refractivity contribution in [2.45, 2.75) is 58.0 Å². The molecule has 38 heavy (non-hydrogen) atoms. The molecule has 7 nitrogen and oxygen atoms in total. The summed E-state index contributed by atoms with van der Waals surface area (Å²) in [6.07, 6.45) is 0.529. The molecular formula is C30H37N3O4S. The molecule has 0 saturated carbocycles. The van der Waals surface area contributed by atoms with Crippen LogP contribution in [0.3, 0.4) is 0 Å². The normalized spacial score (nSPS) is 12.2. The highest BCUT2D eigenvalue weighted by atomic mass is 32.2. The maximum Gasteiger partial charge on any atom is 0.264 e. The Bertz CT molecular complexity index is 1340. The molecule has 0 radical (unpaired) electrons. The van der Waals surface area contributed by atoms with Crippen LogP contribution in [0.5, 0.6) is 0 Å². The van der Waals surface area contributed by atoms with E-state index in [4.69, 9.17) is 0 Å². The van der Waals surface area contributed by atoms with E-state index < -0.39 is 28.5 Å². The monoisotopic (exact) mass is 535 g/mol. The molecule has 202 valence electrons. The minimum Gasteiger partial charge on any atom is -0.352 e. The van der Waals surface area contributed by atoms with Crippen molar-refractivity contribution >= 4 is 27.5 Å². The van der Waals surface area contributed by atoms with Crippen molar-refractivity contribution < 1.29 is 18.0 Å². The lowest BCUT2D eigenvalue weighted by molar-refractivity contribution is -0.139. The van der Waals surface area contributed by atoms with Crippen molar-refractivity contribution in [3.05, 3.63) is 95.6 Å². The smallest absolute Gasteiger partial charge is 0.264 e. The van der Waals surface area contributed by atoms with Crippen molar-refractivity contribution in [1.29, 1.82) is 0 Å². The van der Waals surface area contributed by atoms with E-state index in [9.17, 15) is 18.0 Å². The maximum absolute atomic E-state index is 13.9. The number of benzene rings is 3. The summed E-state index contributed by atoms with van der Waals surface area (Å²) in [5.41, 5.74) is 3.16. The van der Waals surface area contributed by atoms with E-state index in [1.54, 1.807) is 31.2 Å². The second-order valence-electron chi connectivity index (χ2n) is 9.78. The summed E-state index contributed by atoms with van der Waals surface area (Å²) in [7, 11) is -4.06. The summed E-state index contributed by atoms with van der Waals surface area (Å²) >= 11 is 0. The van der Waals surface area contributed by atoms with Crippen LogP contribution >= 0.6 is 0 Å². The molecule has 0 spiro atoms. The number of sulfonamides is 1. The summed E-state index contributed by atoms with van der Waals surface area (Å²) in [5.74, 6) is -0.739. The van der Waals surface area contributed by atoms with Gasteiger partial charge in [0.15, 0.2) is 0 Å². The van der Waals surface area contributed by atoms with E-state index in [1.807, 2.05) is 70.2 Å². The number of rotatable bonds is 11. The third kappa shape index (κ3) is 7.22. The molecule has 0 aliphatic carbocycles. The van der Waals surface area contributed by atoms with Gasteiger partial charge in [-0.1, -0.05) is 66.2 Å². The number of hydrogen-bond acceptors (Lipinski definition) is 4. The molecule has 1 atom stereocenters. The molecule has 1 unspecified atom stereocenters. The highest BCUT2D eigenvalue weighted by molar-refractivity contribution is 7.92. The fraction of sp³-hybridized carbons (Fsp3) is 0.333. The fourth-order valence-electron chi connectivity index (χ4n) is 4.29. The van der Waals surface area contributed by atoms with Crippen LogP contribution in [-0.2, 0) is 26.0 Å². The van der Waals surface area contributed by atoms with E-state index in [2.05, 4.69) is 5.32 Å². The van der Waals surface area contributed by atoms with E-state index in [-0.39, 0.29) is 23.4 Å². The molecule has 0 heterocycles. The zero-order valence-electron chi connectivity index (χ0n) is 22.7. The molecule has 2 amide bonds. The molecule has 0 aromatic heterocycles. The Labute approximate surface area is 226 Å². The van der Waals surface area contributed by atoms with Crippen LogP contribution in [0.4, 0.5) is 5.69 Å². The molecule has 8 heteroatoms. The van der Waals surface area contributed by atoms with Crippen molar-refractivity contribution in [2.75, 3.05) is 17.4 Å². The summed E-state index contributed by atoms with van der Waals surface area (Å²) in [4.78, 5) is 28.4. The lowest BCUT2D eigenvalue weighted by atomic mass is 10.1. The maximum atomic E-state index is 13.9. The second-order valence-corrected chi connectivity index (χ2v) is 11.6. The van der Waals surface area contributed by atoms with Crippen molar-refractivity contribution in [3.8, 4) is 0 Å². The van der Waals surface area contributed by atoms with Gasteiger partial charge >= 0.3 is 0 Å². The van der Waals surface area contributed by atoms with Crippen LogP contribution in [0.15, 0.2) is 83.8 Å². The zero-order chi connectivity index (χ0) is 27.9. The average molecular weight is 536 g/mol. The number of nitrogens with zero attached hydrogens (tertiary/aromatic N) is 2. The van der Waals surface area contributed by atoms with Crippen LogP contribution in [-0.4, -0.2) is 50.3 Å². The molecule has 0 aliphatic heterocycles. The fourth-order valence-corrected chi connectivity index (χ4v) is 5.79. The van der Waals surface area contributed by atoms with Gasteiger partial charge in [0.25, 0.3) is 10.0 Å². The van der Waals surface area contributed by atoms with Crippen molar-refractivity contribution in [3.63, 3.8) is 0 Å². The van der Waals surface area contributed by atoms with E-state index in [1.165, 1.54) is 17.0 Å². The van der Waals surface area contributed by atoms with Crippen LogP contribution in [0.25, 0.3) is 0 Å². The van der Waals surface area contributed by atoms with Gasteiger partial charge in [0.1, 0.15) is 12.6 Å². The molecule has 0 bridgehead atoms. The van der Waals surface area contributed by atoms with Crippen LogP contribution in [0.2, 0.25) is 0 Å². The van der Waals surface area contributed by atoms with Gasteiger partial charge in [0.05, 0.1) is 10.6 Å². The SMILES string of the molecule is Cc1ccc(N(CC(=O)N(CCc2ccccc2)C(C)C(=O)NC(C)C)S(=O)(=O)c2ccccc2)c(C)c1. The number of amides is 2. The molecule has 1 N–H and O–H groups in total. The minimum absolute atomic E-state index is 0.0919. The molecule has 3 rings (SSSR count). The van der Waals surface area contributed by atoms with Gasteiger partial charge in [-0.25, -0.2) is 8.42 Å². The largest absolute Gasteiger partial charge is 0.352 e. The van der Waals surface area contributed by atoms with Gasteiger partial charge in [0.2, 0.25) is 11.8 Å². The number of hydrogen-bond donors (Lipinski definition) is 1. The first-order valence-corrected chi connectivity index (χ1v) is 14.2. The Morgan fingerprint density at radius 3 is 2.05 bits per heavy atom. The van der Waals surface area contributed by atoms with Gasteiger partial charge < -0.3 is 10.2 Å². The molecular weight excluding hydrogens is 498 g/mol. The lowest BCUT2D eigenvalue weighted by Crippen LogP contribution is -2.53. The lowest BCUT2D eigenvalue weighted by Gasteiger charge is -2.32. The van der Waals surface area contributed by atoms with E-state index in [0.717, 1.165) is 21.0 Å².